The summed E-state index contributed by atoms with van der Waals surface area (Å²) in [6.45, 7) is 0. The Morgan fingerprint density at radius 2 is 2.29 bits per heavy atom. The number of aromatic nitrogens is 3. The first kappa shape index (κ1) is 11.1. The Morgan fingerprint density at radius 3 is 2.94 bits per heavy atom. The summed E-state index contributed by atoms with van der Waals surface area (Å²) in [5, 5.41) is 10.5. The van der Waals surface area contributed by atoms with E-state index in [0.29, 0.717) is 17.1 Å². The molecular weight excluding hydrogens is 220 g/mol. The number of anilines is 1. The molecule has 0 fully saturated rings. The summed E-state index contributed by atoms with van der Waals surface area (Å²) in [4.78, 5) is 13.2. The van der Waals surface area contributed by atoms with E-state index in [4.69, 9.17) is 4.74 Å². The lowest BCUT2D eigenvalue weighted by atomic mass is 10.2. The van der Waals surface area contributed by atoms with Gasteiger partial charge in [-0.3, -0.25) is 4.79 Å². The lowest BCUT2D eigenvalue weighted by Gasteiger charge is -2.03. The van der Waals surface area contributed by atoms with E-state index >= 15 is 0 Å². The molecule has 17 heavy (non-hydrogen) atoms. The van der Waals surface area contributed by atoms with E-state index in [1.807, 2.05) is 0 Å². The van der Waals surface area contributed by atoms with Crippen LogP contribution in [0, 0.1) is 0 Å². The number of amides is 1. The number of carbonyl (C=O) groups is 1. The van der Waals surface area contributed by atoms with E-state index in [1.165, 1.54) is 11.0 Å². The summed E-state index contributed by atoms with van der Waals surface area (Å²) in [7, 11) is 3.24. The van der Waals surface area contributed by atoms with Crippen molar-refractivity contribution < 1.29 is 9.53 Å². The van der Waals surface area contributed by atoms with Gasteiger partial charge >= 0.3 is 0 Å². The van der Waals surface area contributed by atoms with Crippen LogP contribution >= 0.6 is 0 Å². The van der Waals surface area contributed by atoms with Gasteiger partial charge in [-0.15, -0.1) is 5.10 Å². The molecule has 0 atom stereocenters. The van der Waals surface area contributed by atoms with Crippen molar-refractivity contribution in [1.29, 1.82) is 0 Å². The zero-order valence-electron chi connectivity index (χ0n) is 9.54. The first-order valence-corrected chi connectivity index (χ1v) is 5.01. The van der Waals surface area contributed by atoms with Crippen LogP contribution in [0.2, 0.25) is 0 Å². The second kappa shape index (κ2) is 4.65. The molecule has 1 N–H and O–H groups in total. The summed E-state index contributed by atoms with van der Waals surface area (Å²) in [6.07, 6.45) is 1.48. The minimum absolute atomic E-state index is 0.246. The minimum atomic E-state index is -0.246. The summed E-state index contributed by atoms with van der Waals surface area (Å²) < 4.78 is 5.05. The van der Waals surface area contributed by atoms with Gasteiger partial charge in [0.2, 0.25) is 0 Å². The number of methoxy groups -OCH3 is 1. The van der Waals surface area contributed by atoms with Crippen molar-refractivity contribution in [2.24, 2.45) is 7.05 Å². The number of hydrogen-bond donors (Lipinski definition) is 1. The number of benzene rings is 1. The third-order valence-electron chi connectivity index (χ3n) is 2.17. The van der Waals surface area contributed by atoms with Gasteiger partial charge in [0.1, 0.15) is 5.75 Å². The number of nitrogens with zero attached hydrogens (tertiary/aromatic N) is 3. The zero-order chi connectivity index (χ0) is 12.3. The zero-order valence-corrected chi connectivity index (χ0v) is 9.54. The molecule has 0 spiro atoms. The molecular formula is C11H12N4O2. The van der Waals surface area contributed by atoms with Crippen LogP contribution in [-0.4, -0.2) is 28.0 Å². The van der Waals surface area contributed by atoms with Crippen molar-refractivity contribution in [2.75, 3.05) is 12.4 Å². The van der Waals surface area contributed by atoms with Crippen LogP contribution in [0.25, 0.3) is 0 Å². The third kappa shape index (κ3) is 2.60. The van der Waals surface area contributed by atoms with Crippen LogP contribution in [0.4, 0.5) is 5.82 Å². The molecule has 1 aromatic carbocycles. The predicted octanol–water partition coefficient (Wildman–Crippen LogP) is 1.08. The maximum atomic E-state index is 11.8. The molecule has 0 saturated carbocycles. The molecule has 0 unspecified atom stereocenters. The first-order valence-electron chi connectivity index (χ1n) is 5.01. The van der Waals surface area contributed by atoms with Crippen molar-refractivity contribution in [1.82, 2.24) is 15.0 Å². The Hall–Kier alpha value is -2.37. The molecule has 0 aliphatic rings. The molecule has 0 radical (unpaired) electrons. The molecule has 2 aromatic rings. The number of hydrogen-bond acceptors (Lipinski definition) is 4. The SMILES string of the molecule is COc1cccc(C(=O)Nc2cnn(C)n2)c1. The van der Waals surface area contributed by atoms with Gasteiger partial charge in [0.05, 0.1) is 13.3 Å². The van der Waals surface area contributed by atoms with E-state index in [9.17, 15) is 4.79 Å². The number of ether oxygens (including phenoxy) is 1. The number of rotatable bonds is 3. The molecule has 6 heteroatoms. The normalized spacial score (nSPS) is 10.0. The van der Waals surface area contributed by atoms with Gasteiger partial charge in [-0.05, 0) is 18.2 Å². The Morgan fingerprint density at radius 1 is 1.47 bits per heavy atom. The smallest absolute Gasteiger partial charge is 0.257 e. The Kier molecular flexibility index (Phi) is 3.04. The first-order chi connectivity index (χ1) is 8.19. The number of carbonyl (C=O) groups excluding carboxylic acids is 1. The molecule has 88 valence electrons. The van der Waals surface area contributed by atoms with Gasteiger partial charge in [-0.2, -0.15) is 9.90 Å². The highest BCUT2D eigenvalue weighted by atomic mass is 16.5. The Balaban J connectivity index is 2.14. The van der Waals surface area contributed by atoms with E-state index in [-0.39, 0.29) is 5.91 Å². The predicted molar refractivity (Wildman–Crippen MR) is 62.0 cm³/mol. The molecule has 1 heterocycles. The lowest BCUT2D eigenvalue weighted by Crippen LogP contribution is -2.12. The van der Waals surface area contributed by atoms with E-state index < -0.39 is 0 Å². The summed E-state index contributed by atoms with van der Waals surface area (Å²) >= 11 is 0. The molecule has 1 amide bonds. The van der Waals surface area contributed by atoms with Crippen molar-refractivity contribution in [3.63, 3.8) is 0 Å². The average molecular weight is 232 g/mol. The van der Waals surface area contributed by atoms with Crippen molar-refractivity contribution >= 4 is 11.7 Å². The van der Waals surface area contributed by atoms with Crippen LogP contribution in [0.1, 0.15) is 10.4 Å². The molecule has 0 aliphatic heterocycles. The molecule has 2 rings (SSSR count). The highest BCUT2D eigenvalue weighted by Gasteiger charge is 2.08. The van der Waals surface area contributed by atoms with Crippen LogP contribution in [0.3, 0.4) is 0 Å². The highest BCUT2D eigenvalue weighted by molar-refractivity contribution is 6.03. The van der Waals surface area contributed by atoms with Crippen LogP contribution in [0.5, 0.6) is 5.75 Å². The van der Waals surface area contributed by atoms with Crippen molar-refractivity contribution in [3.8, 4) is 5.75 Å². The summed E-state index contributed by atoms with van der Waals surface area (Å²) in [6, 6.07) is 6.89. The second-order valence-corrected chi connectivity index (χ2v) is 3.41. The van der Waals surface area contributed by atoms with E-state index in [2.05, 4.69) is 15.5 Å². The Labute approximate surface area is 98.2 Å². The maximum absolute atomic E-state index is 11.8. The quantitative estimate of drug-likeness (QED) is 0.859. The van der Waals surface area contributed by atoms with Gasteiger partial charge in [0, 0.05) is 12.6 Å². The van der Waals surface area contributed by atoms with E-state index in [1.54, 1.807) is 38.4 Å². The Bertz CT molecular complexity index is 536. The van der Waals surface area contributed by atoms with Gasteiger partial charge < -0.3 is 10.1 Å². The summed E-state index contributed by atoms with van der Waals surface area (Å²) in [5.41, 5.74) is 0.509. The summed E-state index contributed by atoms with van der Waals surface area (Å²) in [5.74, 6) is 0.807. The van der Waals surface area contributed by atoms with Crippen molar-refractivity contribution in [2.45, 2.75) is 0 Å². The fourth-order valence-corrected chi connectivity index (χ4v) is 1.36. The highest BCUT2D eigenvalue weighted by Crippen LogP contribution is 2.13. The fourth-order valence-electron chi connectivity index (χ4n) is 1.36. The standard InChI is InChI=1S/C11H12N4O2/c1-15-12-7-10(14-15)13-11(16)8-4-3-5-9(6-8)17-2/h3-7H,1-2H3,(H,13,14,16). The number of nitrogens with one attached hydrogen (secondary N) is 1. The molecule has 0 saturated heterocycles. The van der Waals surface area contributed by atoms with Gasteiger partial charge in [-0.1, -0.05) is 6.07 Å². The van der Waals surface area contributed by atoms with Gasteiger partial charge in [0.25, 0.3) is 5.91 Å². The van der Waals surface area contributed by atoms with Crippen LogP contribution < -0.4 is 10.1 Å². The van der Waals surface area contributed by atoms with Crippen molar-refractivity contribution in [3.05, 3.63) is 36.0 Å². The monoisotopic (exact) mass is 232 g/mol. The fraction of sp³-hybridized carbons (Fsp3) is 0.182. The number of aryl methyl sites for hydroxylation is 1. The second-order valence-electron chi connectivity index (χ2n) is 3.41. The molecule has 6 nitrogen and oxygen atoms in total. The van der Waals surface area contributed by atoms with Crippen LogP contribution in [0.15, 0.2) is 30.5 Å². The molecule has 0 bridgehead atoms. The van der Waals surface area contributed by atoms with Gasteiger partial charge in [-0.25, -0.2) is 0 Å². The largest absolute Gasteiger partial charge is 0.497 e. The average Bonchev–Trinajstić information content (AvgIpc) is 2.75. The molecule has 0 aliphatic carbocycles. The minimum Gasteiger partial charge on any atom is -0.497 e. The third-order valence-corrected chi connectivity index (χ3v) is 2.17. The lowest BCUT2D eigenvalue weighted by molar-refractivity contribution is 0.102. The topological polar surface area (TPSA) is 69.0 Å². The van der Waals surface area contributed by atoms with E-state index in [0.717, 1.165) is 0 Å². The maximum Gasteiger partial charge on any atom is 0.257 e. The molecule has 1 aromatic heterocycles. The van der Waals surface area contributed by atoms with Gasteiger partial charge in [0.15, 0.2) is 5.82 Å². The van der Waals surface area contributed by atoms with Crippen LogP contribution in [-0.2, 0) is 7.05 Å².